The molecule has 0 saturated carbocycles. The first-order valence-electron chi connectivity index (χ1n) is 6.63. The Bertz CT molecular complexity index is 582. The largest absolute Gasteiger partial charge is 0.0714 e. The second-order valence-corrected chi connectivity index (χ2v) is 8.47. The monoisotopic (exact) mass is 250 g/mol. The molecule has 2 aromatic carbocycles. The van der Waals surface area contributed by atoms with Crippen LogP contribution in [0.25, 0.3) is 11.6 Å². The lowest BCUT2D eigenvalue weighted by atomic mass is 10.0. The van der Waals surface area contributed by atoms with Gasteiger partial charge < -0.3 is 0 Å². The molecule has 1 aliphatic carbocycles. The fraction of sp³-hybridized carbons (Fsp3) is 0.176. The third kappa shape index (κ3) is 1.85. The molecule has 18 heavy (non-hydrogen) atoms. The second-order valence-electron chi connectivity index (χ2n) is 5.32. The predicted molar refractivity (Wildman–Crippen MR) is 82.4 cm³/mol. The highest BCUT2D eigenvalue weighted by Crippen LogP contribution is 2.43. The van der Waals surface area contributed by atoms with Gasteiger partial charge in [-0.3, -0.25) is 0 Å². The van der Waals surface area contributed by atoms with Crippen LogP contribution < -0.4 is 0 Å². The standard InChI is InChI=1S/C17H18Si/c1-18(2)17-15-11-7-6-10-14(15)12-16(17)13-8-4-3-5-9-13/h3-12,17-18H,1-2H3. The van der Waals surface area contributed by atoms with E-state index in [2.05, 4.69) is 73.8 Å². The Kier molecular flexibility index (Phi) is 2.92. The van der Waals surface area contributed by atoms with Crippen molar-refractivity contribution in [2.24, 2.45) is 0 Å². The molecule has 2 aromatic rings. The summed E-state index contributed by atoms with van der Waals surface area (Å²) in [6.07, 6.45) is 2.39. The lowest BCUT2D eigenvalue weighted by molar-refractivity contribution is 1.21. The van der Waals surface area contributed by atoms with Gasteiger partial charge in [-0.15, -0.1) is 0 Å². The first kappa shape index (κ1) is 11.5. The van der Waals surface area contributed by atoms with Crippen LogP contribution in [0.5, 0.6) is 0 Å². The molecule has 0 saturated heterocycles. The van der Waals surface area contributed by atoms with Gasteiger partial charge in [0.15, 0.2) is 0 Å². The van der Waals surface area contributed by atoms with Gasteiger partial charge in [-0.1, -0.05) is 73.8 Å². The number of hydrogen-bond acceptors (Lipinski definition) is 0. The van der Waals surface area contributed by atoms with Crippen LogP contribution in [0.4, 0.5) is 0 Å². The van der Waals surface area contributed by atoms with Crippen molar-refractivity contribution in [2.45, 2.75) is 18.6 Å². The van der Waals surface area contributed by atoms with Crippen molar-refractivity contribution in [1.29, 1.82) is 0 Å². The van der Waals surface area contributed by atoms with Gasteiger partial charge in [0.2, 0.25) is 0 Å². The van der Waals surface area contributed by atoms with Crippen LogP contribution in [0.15, 0.2) is 54.6 Å². The Labute approximate surface area is 111 Å². The minimum absolute atomic E-state index is 0.670. The molecule has 1 unspecified atom stereocenters. The molecule has 1 aliphatic rings. The molecule has 0 aliphatic heterocycles. The summed E-state index contributed by atoms with van der Waals surface area (Å²) in [5.74, 6) is 0. The van der Waals surface area contributed by atoms with Crippen LogP contribution >= 0.6 is 0 Å². The zero-order chi connectivity index (χ0) is 12.5. The number of fused-ring (bicyclic) bond motifs is 1. The Hall–Kier alpha value is -1.60. The normalized spacial score (nSPS) is 17.7. The molecule has 0 bridgehead atoms. The molecule has 1 atom stereocenters. The van der Waals surface area contributed by atoms with Gasteiger partial charge in [-0.05, 0) is 22.3 Å². The molecule has 3 rings (SSSR count). The van der Waals surface area contributed by atoms with Gasteiger partial charge in [-0.25, -0.2) is 0 Å². The van der Waals surface area contributed by atoms with Gasteiger partial charge in [0, 0.05) is 14.3 Å². The van der Waals surface area contributed by atoms with Crippen LogP contribution in [0.3, 0.4) is 0 Å². The van der Waals surface area contributed by atoms with Crippen molar-refractivity contribution >= 4 is 20.4 Å². The number of benzene rings is 2. The van der Waals surface area contributed by atoms with E-state index in [9.17, 15) is 0 Å². The van der Waals surface area contributed by atoms with Crippen LogP contribution in [-0.4, -0.2) is 8.80 Å². The lowest BCUT2D eigenvalue weighted by Crippen LogP contribution is -2.15. The van der Waals surface area contributed by atoms with E-state index in [0.29, 0.717) is 5.54 Å². The van der Waals surface area contributed by atoms with E-state index >= 15 is 0 Å². The molecule has 0 nitrogen and oxygen atoms in total. The molecule has 0 heterocycles. The first-order valence-corrected chi connectivity index (χ1v) is 9.61. The quantitative estimate of drug-likeness (QED) is 0.695. The number of allylic oxidation sites excluding steroid dienone is 1. The zero-order valence-electron chi connectivity index (χ0n) is 10.9. The zero-order valence-corrected chi connectivity index (χ0v) is 12.1. The molecule has 0 amide bonds. The van der Waals surface area contributed by atoms with Crippen molar-refractivity contribution in [3.63, 3.8) is 0 Å². The maximum Gasteiger partial charge on any atom is 0.0444 e. The maximum absolute atomic E-state index is 2.45. The van der Waals surface area contributed by atoms with Gasteiger partial charge in [0.05, 0.1) is 0 Å². The molecular formula is C17H18Si. The van der Waals surface area contributed by atoms with Crippen molar-refractivity contribution in [2.75, 3.05) is 0 Å². The van der Waals surface area contributed by atoms with Crippen molar-refractivity contribution in [1.82, 2.24) is 0 Å². The van der Waals surface area contributed by atoms with Crippen molar-refractivity contribution in [3.05, 3.63) is 71.3 Å². The molecule has 1 heteroatoms. The van der Waals surface area contributed by atoms with Gasteiger partial charge >= 0.3 is 0 Å². The van der Waals surface area contributed by atoms with E-state index < -0.39 is 8.80 Å². The molecule has 90 valence electrons. The molecule has 0 spiro atoms. The molecule has 0 fully saturated rings. The Balaban J connectivity index is 2.12. The summed E-state index contributed by atoms with van der Waals surface area (Å²) in [6.45, 7) is 4.90. The smallest absolute Gasteiger partial charge is 0.0444 e. The van der Waals surface area contributed by atoms with Crippen LogP contribution in [0, 0.1) is 0 Å². The summed E-state index contributed by atoms with van der Waals surface area (Å²) < 4.78 is 0. The Morgan fingerprint density at radius 1 is 0.833 bits per heavy atom. The van der Waals surface area contributed by atoms with Crippen molar-refractivity contribution < 1.29 is 0 Å². The fourth-order valence-electron chi connectivity index (χ4n) is 2.96. The Morgan fingerprint density at radius 3 is 2.22 bits per heavy atom. The van der Waals surface area contributed by atoms with E-state index in [0.717, 1.165) is 0 Å². The molecular weight excluding hydrogens is 232 g/mol. The number of rotatable bonds is 2. The van der Waals surface area contributed by atoms with E-state index in [4.69, 9.17) is 0 Å². The summed E-state index contributed by atoms with van der Waals surface area (Å²) in [7, 11) is -0.756. The average Bonchev–Trinajstić information content (AvgIpc) is 2.79. The highest BCUT2D eigenvalue weighted by molar-refractivity contribution is 6.60. The summed E-state index contributed by atoms with van der Waals surface area (Å²) in [5, 5.41) is 0. The highest BCUT2D eigenvalue weighted by Gasteiger charge is 2.28. The molecule has 0 N–H and O–H groups in total. The van der Waals surface area contributed by atoms with E-state index in [-0.39, 0.29) is 0 Å². The van der Waals surface area contributed by atoms with Crippen LogP contribution in [-0.2, 0) is 0 Å². The summed E-state index contributed by atoms with van der Waals surface area (Å²) in [5.41, 5.74) is 6.54. The number of hydrogen-bond donors (Lipinski definition) is 0. The third-order valence-electron chi connectivity index (χ3n) is 3.75. The molecule has 0 radical (unpaired) electrons. The van der Waals surface area contributed by atoms with Crippen LogP contribution in [0.1, 0.15) is 22.2 Å². The van der Waals surface area contributed by atoms with E-state index in [1.807, 2.05) is 0 Å². The minimum Gasteiger partial charge on any atom is -0.0714 e. The highest BCUT2D eigenvalue weighted by atomic mass is 28.3. The lowest BCUT2D eigenvalue weighted by Gasteiger charge is -2.20. The average molecular weight is 250 g/mol. The van der Waals surface area contributed by atoms with Gasteiger partial charge in [0.25, 0.3) is 0 Å². The maximum atomic E-state index is 2.45. The third-order valence-corrected chi connectivity index (χ3v) is 5.80. The topological polar surface area (TPSA) is 0 Å². The second kappa shape index (κ2) is 4.58. The summed E-state index contributed by atoms with van der Waals surface area (Å²) in [6, 6.07) is 19.7. The van der Waals surface area contributed by atoms with Crippen molar-refractivity contribution in [3.8, 4) is 0 Å². The molecule has 0 aromatic heterocycles. The summed E-state index contributed by atoms with van der Waals surface area (Å²) in [4.78, 5) is 0. The minimum atomic E-state index is -0.756. The first-order chi connectivity index (χ1) is 8.77. The van der Waals surface area contributed by atoms with E-state index in [1.165, 1.54) is 22.3 Å². The Morgan fingerprint density at radius 2 is 1.50 bits per heavy atom. The predicted octanol–water partition coefficient (Wildman–Crippen LogP) is 4.35. The fourth-order valence-corrected chi connectivity index (χ4v) is 4.99. The van der Waals surface area contributed by atoms with Gasteiger partial charge in [-0.2, -0.15) is 0 Å². The van der Waals surface area contributed by atoms with Crippen LogP contribution in [0.2, 0.25) is 13.1 Å². The SMILES string of the molecule is C[SiH](C)C1C(c2ccccc2)=Cc2ccccc21. The summed E-state index contributed by atoms with van der Waals surface area (Å²) >= 11 is 0. The van der Waals surface area contributed by atoms with E-state index in [1.54, 1.807) is 0 Å². The van der Waals surface area contributed by atoms with Gasteiger partial charge in [0.1, 0.15) is 0 Å².